The van der Waals surface area contributed by atoms with Crippen LogP contribution in [-0.4, -0.2) is 19.6 Å². The molecule has 0 aliphatic heterocycles. The highest BCUT2D eigenvalue weighted by Gasteiger charge is 2.30. The van der Waals surface area contributed by atoms with Crippen LogP contribution in [0.25, 0.3) is 0 Å². The van der Waals surface area contributed by atoms with E-state index < -0.39 is 44.5 Å². The van der Waals surface area contributed by atoms with Gasteiger partial charge in [0.05, 0.1) is 10.9 Å². The van der Waals surface area contributed by atoms with Crippen molar-refractivity contribution in [3.05, 3.63) is 65.5 Å². The Hall–Kier alpha value is -2.35. The van der Waals surface area contributed by atoms with Crippen LogP contribution in [0.1, 0.15) is 25.5 Å². The molecule has 4 nitrogen and oxygen atoms in total. The summed E-state index contributed by atoms with van der Waals surface area (Å²) < 4.78 is 64.0. The summed E-state index contributed by atoms with van der Waals surface area (Å²) in [5.41, 5.74) is 0.290. The quantitative estimate of drug-likeness (QED) is 0.822. The van der Waals surface area contributed by atoms with Crippen molar-refractivity contribution < 1.29 is 26.4 Å². The number of rotatable bonds is 5. The molecule has 0 aromatic heterocycles. The Morgan fingerprint density at radius 1 is 0.960 bits per heavy atom. The summed E-state index contributed by atoms with van der Waals surface area (Å²) in [6, 6.07) is 6.55. The molecule has 0 saturated carbocycles. The van der Waals surface area contributed by atoms with Crippen molar-refractivity contribution in [2.45, 2.75) is 30.0 Å². The molecule has 0 saturated heterocycles. The Kier molecular flexibility index (Phi) is 5.52. The van der Waals surface area contributed by atoms with Crippen molar-refractivity contribution in [3.8, 4) is 0 Å². The third kappa shape index (κ3) is 4.19. The fourth-order valence-electron chi connectivity index (χ4n) is 2.17. The SMILES string of the molecule is C[C@H](NC(=O)[C@@H](C)S(=O)(=O)c1ccc(F)cc1)c1ccc(F)c(F)c1. The lowest BCUT2D eigenvalue weighted by molar-refractivity contribution is -0.121. The van der Waals surface area contributed by atoms with E-state index in [1.807, 2.05) is 0 Å². The molecule has 0 fully saturated rings. The van der Waals surface area contributed by atoms with Gasteiger partial charge in [-0.1, -0.05) is 6.07 Å². The number of benzene rings is 2. The summed E-state index contributed by atoms with van der Waals surface area (Å²) >= 11 is 0. The van der Waals surface area contributed by atoms with Crippen LogP contribution >= 0.6 is 0 Å². The summed E-state index contributed by atoms with van der Waals surface area (Å²) in [7, 11) is -4.01. The van der Waals surface area contributed by atoms with Crippen LogP contribution in [-0.2, 0) is 14.6 Å². The van der Waals surface area contributed by atoms with Crippen molar-refractivity contribution in [2.75, 3.05) is 0 Å². The fourth-order valence-corrected chi connectivity index (χ4v) is 3.44. The first kappa shape index (κ1) is 19.0. The standard InChI is InChI=1S/C17H16F3NO3S/c1-10(12-3-8-15(19)16(20)9-12)21-17(22)11(2)25(23,24)14-6-4-13(18)5-7-14/h3-11H,1-2H3,(H,21,22)/t10-,11+/m0/s1. The fraction of sp³-hybridized carbons (Fsp3) is 0.235. The molecule has 0 aliphatic carbocycles. The van der Waals surface area contributed by atoms with Gasteiger partial charge in [0.15, 0.2) is 21.5 Å². The number of halogens is 3. The smallest absolute Gasteiger partial charge is 0.238 e. The molecule has 0 radical (unpaired) electrons. The molecule has 8 heteroatoms. The first-order chi connectivity index (χ1) is 11.6. The Balaban J connectivity index is 2.16. The average molecular weight is 371 g/mol. The Bertz CT molecular complexity index is 883. The molecule has 134 valence electrons. The number of nitrogens with one attached hydrogen (secondary N) is 1. The molecule has 1 amide bonds. The van der Waals surface area contributed by atoms with Gasteiger partial charge in [0.25, 0.3) is 0 Å². The first-order valence-corrected chi connectivity index (χ1v) is 8.92. The summed E-state index contributed by atoms with van der Waals surface area (Å²) in [6.45, 7) is 2.72. The second-order valence-electron chi connectivity index (χ2n) is 5.54. The van der Waals surface area contributed by atoms with Crippen LogP contribution in [0.4, 0.5) is 13.2 Å². The Morgan fingerprint density at radius 3 is 2.12 bits per heavy atom. The zero-order chi connectivity index (χ0) is 18.8. The summed E-state index contributed by atoms with van der Waals surface area (Å²) in [5.74, 6) is -3.48. The molecule has 1 N–H and O–H groups in total. The number of hydrogen-bond acceptors (Lipinski definition) is 3. The predicted molar refractivity (Wildman–Crippen MR) is 86.0 cm³/mol. The second kappa shape index (κ2) is 7.26. The van der Waals surface area contributed by atoms with Gasteiger partial charge in [0.2, 0.25) is 5.91 Å². The molecule has 2 atom stereocenters. The average Bonchev–Trinajstić information content (AvgIpc) is 2.56. The normalized spacial score (nSPS) is 14.0. The molecule has 2 aromatic carbocycles. The first-order valence-electron chi connectivity index (χ1n) is 7.37. The summed E-state index contributed by atoms with van der Waals surface area (Å²) in [5, 5.41) is 1.01. The van der Waals surface area contributed by atoms with Crippen LogP contribution in [0.3, 0.4) is 0 Å². The maximum Gasteiger partial charge on any atom is 0.238 e. The third-order valence-electron chi connectivity index (χ3n) is 3.78. The van der Waals surface area contributed by atoms with Gasteiger partial charge in [-0.05, 0) is 55.8 Å². The zero-order valence-corrected chi connectivity index (χ0v) is 14.3. The molecule has 0 aliphatic rings. The van der Waals surface area contributed by atoms with Crippen LogP contribution in [0, 0.1) is 17.5 Å². The van der Waals surface area contributed by atoms with Gasteiger partial charge < -0.3 is 5.32 Å². The number of hydrogen-bond donors (Lipinski definition) is 1. The molecule has 0 spiro atoms. The Morgan fingerprint density at radius 2 is 1.56 bits per heavy atom. The van der Waals surface area contributed by atoms with E-state index in [4.69, 9.17) is 0 Å². The van der Waals surface area contributed by atoms with Crippen molar-refractivity contribution in [1.82, 2.24) is 5.32 Å². The van der Waals surface area contributed by atoms with E-state index in [1.165, 1.54) is 19.9 Å². The van der Waals surface area contributed by atoms with Gasteiger partial charge in [-0.3, -0.25) is 4.79 Å². The van der Waals surface area contributed by atoms with Gasteiger partial charge in [0.1, 0.15) is 11.1 Å². The molecule has 0 heterocycles. The van der Waals surface area contributed by atoms with E-state index in [2.05, 4.69) is 5.32 Å². The lowest BCUT2D eigenvalue weighted by atomic mass is 10.1. The van der Waals surface area contributed by atoms with Gasteiger partial charge in [-0.15, -0.1) is 0 Å². The van der Waals surface area contributed by atoms with Gasteiger partial charge in [0, 0.05) is 0 Å². The van der Waals surface area contributed by atoms with Crippen molar-refractivity contribution in [2.24, 2.45) is 0 Å². The largest absolute Gasteiger partial charge is 0.348 e. The van der Waals surface area contributed by atoms with E-state index in [-0.39, 0.29) is 4.90 Å². The van der Waals surface area contributed by atoms with Crippen molar-refractivity contribution >= 4 is 15.7 Å². The molecule has 25 heavy (non-hydrogen) atoms. The minimum Gasteiger partial charge on any atom is -0.348 e. The van der Waals surface area contributed by atoms with Crippen molar-refractivity contribution in [1.29, 1.82) is 0 Å². The van der Waals surface area contributed by atoms with Crippen LogP contribution in [0.2, 0.25) is 0 Å². The minimum absolute atomic E-state index is 0.183. The maximum atomic E-state index is 13.3. The molecular weight excluding hydrogens is 355 g/mol. The second-order valence-corrected chi connectivity index (χ2v) is 7.81. The highest BCUT2D eigenvalue weighted by atomic mass is 32.2. The third-order valence-corrected chi connectivity index (χ3v) is 5.85. The van der Waals surface area contributed by atoms with Crippen LogP contribution in [0.15, 0.2) is 47.4 Å². The molecular formula is C17H16F3NO3S. The summed E-state index contributed by atoms with van der Waals surface area (Å²) in [4.78, 5) is 12.1. The van der Waals surface area contributed by atoms with E-state index in [1.54, 1.807) is 0 Å². The van der Waals surface area contributed by atoms with E-state index in [0.29, 0.717) is 5.56 Å². The van der Waals surface area contributed by atoms with Gasteiger partial charge in [-0.25, -0.2) is 21.6 Å². The van der Waals surface area contributed by atoms with Crippen LogP contribution in [0.5, 0.6) is 0 Å². The number of amides is 1. The minimum atomic E-state index is -4.01. The van der Waals surface area contributed by atoms with Crippen molar-refractivity contribution in [3.63, 3.8) is 0 Å². The molecule has 2 aromatic rings. The molecule has 0 unspecified atom stereocenters. The lowest BCUT2D eigenvalue weighted by Crippen LogP contribution is -2.39. The lowest BCUT2D eigenvalue weighted by Gasteiger charge is -2.18. The maximum absolute atomic E-state index is 13.3. The van der Waals surface area contributed by atoms with Gasteiger partial charge in [-0.2, -0.15) is 0 Å². The highest BCUT2D eigenvalue weighted by Crippen LogP contribution is 2.19. The summed E-state index contributed by atoms with van der Waals surface area (Å²) in [6.07, 6.45) is 0. The Labute approximate surface area is 143 Å². The topological polar surface area (TPSA) is 63.2 Å². The number of carbonyl (C=O) groups is 1. The number of sulfone groups is 1. The molecule has 0 bridgehead atoms. The predicted octanol–water partition coefficient (Wildman–Crippen LogP) is 3.14. The highest BCUT2D eigenvalue weighted by molar-refractivity contribution is 7.92. The van der Waals surface area contributed by atoms with Gasteiger partial charge >= 0.3 is 0 Å². The van der Waals surface area contributed by atoms with E-state index in [9.17, 15) is 26.4 Å². The monoisotopic (exact) mass is 371 g/mol. The zero-order valence-electron chi connectivity index (χ0n) is 13.5. The van der Waals surface area contributed by atoms with E-state index >= 15 is 0 Å². The number of carbonyl (C=O) groups excluding carboxylic acids is 1. The van der Waals surface area contributed by atoms with Crippen LogP contribution < -0.4 is 5.32 Å². The molecule has 2 rings (SSSR count). The van der Waals surface area contributed by atoms with E-state index in [0.717, 1.165) is 36.4 Å².